The first-order valence-electron chi connectivity index (χ1n) is 4.56. The van der Waals surface area contributed by atoms with Gasteiger partial charge < -0.3 is 20.1 Å². The minimum Gasteiger partial charge on any atom is -0.344 e. The maximum atomic E-state index is 9.12. The van der Waals surface area contributed by atoms with Crippen molar-refractivity contribution in [2.24, 2.45) is 0 Å². The third-order valence-corrected chi connectivity index (χ3v) is 2.21. The maximum absolute atomic E-state index is 9.12. The molecule has 0 radical (unpaired) electrons. The predicted molar refractivity (Wildman–Crippen MR) is 55.9 cm³/mol. The molecule has 4 N–H and O–H groups in total. The molecule has 0 fully saturated rings. The lowest BCUT2D eigenvalue weighted by Crippen LogP contribution is -1.94. The molecule has 0 heterocycles. The summed E-state index contributed by atoms with van der Waals surface area (Å²) in [7, 11) is -1.60. The van der Waals surface area contributed by atoms with Crippen LogP contribution in [0.3, 0.4) is 0 Å². The standard InChI is InChI=1S/C8H19O3P.H3N/c1-3-5-7-10-12(9)11-8-6-4-2;/h9H,3-8H2,1-2H3;1H3. The van der Waals surface area contributed by atoms with Gasteiger partial charge in [-0.2, -0.15) is 0 Å². The van der Waals surface area contributed by atoms with Gasteiger partial charge in [0, 0.05) is 0 Å². The van der Waals surface area contributed by atoms with Crippen molar-refractivity contribution in [3.05, 3.63) is 0 Å². The molecule has 0 unspecified atom stereocenters. The van der Waals surface area contributed by atoms with E-state index >= 15 is 0 Å². The Bertz CT molecular complexity index is 85.5. The van der Waals surface area contributed by atoms with Crippen molar-refractivity contribution in [2.75, 3.05) is 13.2 Å². The molecule has 0 saturated carbocycles. The van der Waals surface area contributed by atoms with E-state index in [0.29, 0.717) is 13.2 Å². The summed E-state index contributed by atoms with van der Waals surface area (Å²) in [6.07, 6.45) is 4.13. The van der Waals surface area contributed by atoms with E-state index < -0.39 is 8.60 Å². The maximum Gasteiger partial charge on any atom is 0.329 e. The molecule has 0 atom stereocenters. The van der Waals surface area contributed by atoms with Crippen molar-refractivity contribution >= 4 is 8.60 Å². The molecule has 0 spiro atoms. The van der Waals surface area contributed by atoms with Crippen LogP contribution in [-0.4, -0.2) is 18.1 Å². The number of unbranched alkanes of at least 4 members (excludes halogenated alkanes) is 2. The Morgan fingerprint density at radius 1 is 1.00 bits per heavy atom. The van der Waals surface area contributed by atoms with E-state index in [2.05, 4.69) is 13.8 Å². The molecule has 0 amide bonds. The van der Waals surface area contributed by atoms with E-state index in [-0.39, 0.29) is 6.15 Å². The van der Waals surface area contributed by atoms with Gasteiger partial charge in [-0.15, -0.1) is 0 Å². The molecule has 0 aromatic rings. The summed E-state index contributed by atoms with van der Waals surface area (Å²) in [4.78, 5) is 9.12. The molecule has 4 nitrogen and oxygen atoms in total. The lowest BCUT2D eigenvalue weighted by atomic mass is 10.4. The third kappa shape index (κ3) is 12.3. The molecule has 0 aliphatic carbocycles. The van der Waals surface area contributed by atoms with Crippen LogP contribution in [0.15, 0.2) is 0 Å². The molecule has 0 aliphatic heterocycles. The third-order valence-electron chi connectivity index (χ3n) is 1.40. The zero-order valence-corrected chi connectivity index (χ0v) is 9.56. The van der Waals surface area contributed by atoms with Gasteiger partial charge in [-0.25, -0.2) is 0 Å². The van der Waals surface area contributed by atoms with Gasteiger partial charge >= 0.3 is 8.60 Å². The smallest absolute Gasteiger partial charge is 0.329 e. The fourth-order valence-electron chi connectivity index (χ4n) is 0.611. The van der Waals surface area contributed by atoms with Crippen LogP contribution in [0.25, 0.3) is 0 Å². The van der Waals surface area contributed by atoms with E-state index in [0.717, 1.165) is 25.7 Å². The van der Waals surface area contributed by atoms with Gasteiger partial charge in [-0.05, 0) is 12.8 Å². The molecule has 0 aliphatic rings. The normalized spacial score (nSPS) is 10.2. The largest absolute Gasteiger partial charge is 0.344 e. The highest BCUT2D eigenvalue weighted by molar-refractivity contribution is 7.40. The first-order valence-corrected chi connectivity index (χ1v) is 5.69. The fraction of sp³-hybridized carbons (Fsp3) is 1.00. The summed E-state index contributed by atoms with van der Waals surface area (Å²) in [6.45, 7) is 5.37. The molecular formula is C8H22NO3P. The van der Waals surface area contributed by atoms with Crippen LogP contribution in [0.2, 0.25) is 0 Å². The minimum absolute atomic E-state index is 0. The van der Waals surface area contributed by atoms with Crippen molar-refractivity contribution < 1.29 is 13.9 Å². The molecule has 0 aromatic carbocycles. The molecule has 0 bridgehead atoms. The zero-order valence-electron chi connectivity index (χ0n) is 8.66. The van der Waals surface area contributed by atoms with Crippen LogP contribution in [-0.2, 0) is 9.05 Å². The average molecular weight is 211 g/mol. The van der Waals surface area contributed by atoms with Crippen LogP contribution >= 0.6 is 8.60 Å². The van der Waals surface area contributed by atoms with Gasteiger partial charge in [0.05, 0.1) is 13.2 Å². The van der Waals surface area contributed by atoms with E-state index in [1.54, 1.807) is 0 Å². The highest BCUT2D eigenvalue weighted by Gasteiger charge is 2.04. The predicted octanol–water partition coefficient (Wildman–Crippen LogP) is 3.00. The van der Waals surface area contributed by atoms with Gasteiger partial charge in [0.15, 0.2) is 0 Å². The summed E-state index contributed by atoms with van der Waals surface area (Å²) in [5.74, 6) is 0. The molecule has 0 rings (SSSR count). The Morgan fingerprint density at radius 2 is 1.38 bits per heavy atom. The number of hydrogen-bond donors (Lipinski definition) is 2. The van der Waals surface area contributed by atoms with E-state index in [4.69, 9.17) is 13.9 Å². The van der Waals surface area contributed by atoms with Crippen LogP contribution in [0, 0.1) is 0 Å². The molecule has 82 valence electrons. The van der Waals surface area contributed by atoms with Crippen molar-refractivity contribution in [3.63, 3.8) is 0 Å². The summed E-state index contributed by atoms with van der Waals surface area (Å²) >= 11 is 0. The van der Waals surface area contributed by atoms with Crippen LogP contribution in [0.5, 0.6) is 0 Å². The van der Waals surface area contributed by atoms with Crippen molar-refractivity contribution in [1.29, 1.82) is 0 Å². The monoisotopic (exact) mass is 211 g/mol. The Hall–Kier alpha value is 0.270. The van der Waals surface area contributed by atoms with Crippen LogP contribution in [0.1, 0.15) is 39.5 Å². The highest BCUT2D eigenvalue weighted by Crippen LogP contribution is 2.32. The summed E-state index contributed by atoms with van der Waals surface area (Å²) in [6, 6.07) is 0. The van der Waals surface area contributed by atoms with Gasteiger partial charge in [-0.1, -0.05) is 26.7 Å². The van der Waals surface area contributed by atoms with Crippen LogP contribution < -0.4 is 6.15 Å². The van der Waals surface area contributed by atoms with Crippen molar-refractivity contribution in [1.82, 2.24) is 6.15 Å². The van der Waals surface area contributed by atoms with Gasteiger partial charge in [0.2, 0.25) is 0 Å². The van der Waals surface area contributed by atoms with E-state index in [1.165, 1.54) is 0 Å². The average Bonchev–Trinajstić information content (AvgIpc) is 2.06. The van der Waals surface area contributed by atoms with Gasteiger partial charge in [0.25, 0.3) is 0 Å². The first kappa shape index (κ1) is 15.7. The molecule has 5 heteroatoms. The fourth-order valence-corrected chi connectivity index (χ4v) is 1.26. The zero-order chi connectivity index (χ0) is 9.23. The molecular weight excluding hydrogens is 189 g/mol. The second-order valence-corrected chi connectivity index (χ2v) is 3.60. The first-order chi connectivity index (χ1) is 5.81. The lowest BCUT2D eigenvalue weighted by Gasteiger charge is -2.09. The molecule has 0 aromatic heterocycles. The van der Waals surface area contributed by atoms with Crippen molar-refractivity contribution in [2.45, 2.75) is 39.5 Å². The Balaban J connectivity index is 0. The number of rotatable bonds is 8. The Labute approximate surface area is 82.2 Å². The second kappa shape index (κ2) is 12.3. The van der Waals surface area contributed by atoms with Gasteiger partial charge in [0.1, 0.15) is 0 Å². The van der Waals surface area contributed by atoms with E-state index in [9.17, 15) is 0 Å². The second-order valence-electron chi connectivity index (χ2n) is 2.61. The topological polar surface area (TPSA) is 73.7 Å². The van der Waals surface area contributed by atoms with E-state index in [1.807, 2.05) is 0 Å². The Morgan fingerprint density at radius 3 is 1.69 bits per heavy atom. The molecule has 0 saturated heterocycles. The quantitative estimate of drug-likeness (QED) is 0.478. The highest BCUT2D eigenvalue weighted by atomic mass is 31.2. The Kier molecular flexibility index (Phi) is 14.8. The number of hydrogen-bond acceptors (Lipinski definition) is 4. The SMILES string of the molecule is CCCCOP(O)OCCCC.N. The molecule has 13 heavy (non-hydrogen) atoms. The minimum atomic E-state index is -1.60. The summed E-state index contributed by atoms with van der Waals surface area (Å²) in [5.41, 5.74) is 0. The summed E-state index contributed by atoms with van der Waals surface area (Å²) in [5, 5.41) is 0. The summed E-state index contributed by atoms with van der Waals surface area (Å²) < 4.78 is 10.1. The van der Waals surface area contributed by atoms with Crippen LogP contribution in [0.4, 0.5) is 0 Å². The lowest BCUT2D eigenvalue weighted by molar-refractivity contribution is 0.196. The van der Waals surface area contributed by atoms with Gasteiger partial charge in [-0.3, -0.25) is 0 Å². The van der Waals surface area contributed by atoms with Crippen molar-refractivity contribution in [3.8, 4) is 0 Å².